The standard InChI is InChI=1S/C13H27N3O3S/c1-4-20(18,19)15-11-6-9-16(10-7-11)12(17)5-8-13(2,3)14/h11,15H,4-10,14H2,1-3H3. The maximum atomic E-state index is 12.0. The Balaban J connectivity index is 2.37. The molecule has 20 heavy (non-hydrogen) atoms. The molecule has 1 aliphatic heterocycles. The Labute approximate surface area is 122 Å². The maximum Gasteiger partial charge on any atom is 0.222 e. The second kappa shape index (κ2) is 6.87. The van der Waals surface area contributed by atoms with Crippen molar-refractivity contribution in [2.75, 3.05) is 18.8 Å². The van der Waals surface area contributed by atoms with Crippen LogP contribution in [0.5, 0.6) is 0 Å². The van der Waals surface area contributed by atoms with Gasteiger partial charge in [0.25, 0.3) is 0 Å². The molecule has 0 radical (unpaired) electrons. The van der Waals surface area contributed by atoms with Crippen LogP contribution in [0, 0.1) is 0 Å². The van der Waals surface area contributed by atoms with Crippen molar-refractivity contribution < 1.29 is 13.2 Å². The Morgan fingerprint density at radius 2 is 1.90 bits per heavy atom. The minimum atomic E-state index is -3.16. The maximum absolute atomic E-state index is 12.0. The van der Waals surface area contributed by atoms with Gasteiger partial charge in [0.1, 0.15) is 0 Å². The fourth-order valence-electron chi connectivity index (χ4n) is 2.17. The zero-order chi connectivity index (χ0) is 15.4. The Bertz CT molecular complexity index is 421. The van der Waals surface area contributed by atoms with Crippen LogP contribution in [0.25, 0.3) is 0 Å². The predicted molar refractivity (Wildman–Crippen MR) is 79.7 cm³/mol. The number of hydrogen-bond acceptors (Lipinski definition) is 4. The zero-order valence-electron chi connectivity index (χ0n) is 12.7. The molecule has 6 nitrogen and oxygen atoms in total. The van der Waals surface area contributed by atoms with Crippen molar-refractivity contribution in [3.63, 3.8) is 0 Å². The quantitative estimate of drug-likeness (QED) is 0.744. The van der Waals surface area contributed by atoms with E-state index in [1.807, 2.05) is 18.7 Å². The third-order valence-electron chi connectivity index (χ3n) is 3.56. The Morgan fingerprint density at radius 1 is 1.35 bits per heavy atom. The van der Waals surface area contributed by atoms with Gasteiger partial charge in [-0.3, -0.25) is 4.79 Å². The van der Waals surface area contributed by atoms with E-state index in [4.69, 9.17) is 5.73 Å². The fourth-order valence-corrected chi connectivity index (χ4v) is 3.08. The van der Waals surface area contributed by atoms with E-state index < -0.39 is 10.0 Å². The summed E-state index contributed by atoms with van der Waals surface area (Å²) in [5, 5.41) is 0. The van der Waals surface area contributed by atoms with Gasteiger partial charge in [-0.15, -0.1) is 0 Å². The van der Waals surface area contributed by atoms with Gasteiger partial charge in [-0.1, -0.05) is 0 Å². The second-order valence-corrected chi connectivity index (χ2v) is 8.21. The molecule has 1 amide bonds. The summed E-state index contributed by atoms with van der Waals surface area (Å²) in [5.74, 6) is 0.206. The molecule has 0 aromatic heterocycles. The van der Waals surface area contributed by atoms with Crippen LogP contribution in [0.15, 0.2) is 0 Å². The molecule has 0 aliphatic carbocycles. The summed E-state index contributed by atoms with van der Waals surface area (Å²) in [4.78, 5) is 13.8. The van der Waals surface area contributed by atoms with Crippen molar-refractivity contribution >= 4 is 15.9 Å². The van der Waals surface area contributed by atoms with E-state index in [0.29, 0.717) is 38.8 Å². The van der Waals surface area contributed by atoms with Crippen LogP contribution < -0.4 is 10.5 Å². The lowest BCUT2D eigenvalue weighted by atomic mass is 9.99. The summed E-state index contributed by atoms with van der Waals surface area (Å²) < 4.78 is 25.7. The van der Waals surface area contributed by atoms with E-state index in [1.165, 1.54) is 0 Å². The highest BCUT2D eigenvalue weighted by Crippen LogP contribution is 2.15. The molecule has 1 rings (SSSR count). The van der Waals surface area contributed by atoms with Gasteiger partial charge in [0.2, 0.25) is 15.9 Å². The Morgan fingerprint density at radius 3 is 2.35 bits per heavy atom. The van der Waals surface area contributed by atoms with E-state index in [-0.39, 0.29) is 23.2 Å². The van der Waals surface area contributed by atoms with E-state index in [1.54, 1.807) is 6.92 Å². The normalized spacial score (nSPS) is 18.3. The number of nitrogens with zero attached hydrogens (tertiary/aromatic N) is 1. The van der Waals surface area contributed by atoms with Crippen LogP contribution >= 0.6 is 0 Å². The number of amides is 1. The first-order chi connectivity index (χ1) is 9.13. The molecule has 1 saturated heterocycles. The smallest absolute Gasteiger partial charge is 0.222 e. The van der Waals surface area contributed by atoms with Crippen molar-refractivity contribution in [3.05, 3.63) is 0 Å². The molecule has 0 spiro atoms. The van der Waals surface area contributed by atoms with Gasteiger partial charge in [0.15, 0.2) is 0 Å². The summed E-state index contributed by atoms with van der Waals surface area (Å²) in [6, 6.07) is -0.0463. The molecule has 118 valence electrons. The summed E-state index contributed by atoms with van der Waals surface area (Å²) in [7, 11) is -3.16. The number of carbonyl (C=O) groups is 1. The minimum absolute atomic E-state index is 0.0463. The molecule has 3 N–H and O–H groups in total. The first-order valence-corrected chi connectivity index (χ1v) is 8.85. The van der Waals surface area contributed by atoms with Crippen molar-refractivity contribution in [1.29, 1.82) is 0 Å². The van der Waals surface area contributed by atoms with Crippen LogP contribution in [0.2, 0.25) is 0 Å². The molecule has 0 bridgehead atoms. The van der Waals surface area contributed by atoms with Gasteiger partial charge in [-0.2, -0.15) is 0 Å². The lowest BCUT2D eigenvalue weighted by Crippen LogP contribution is -2.47. The van der Waals surface area contributed by atoms with E-state index in [0.717, 1.165) is 0 Å². The van der Waals surface area contributed by atoms with Gasteiger partial charge in [0.05, 0.1) is 5.75 Å². The molecule has 1 fully saturated rings. The average Bonchev–Trinajstić information content (AvgIpc) is 2.35. The Kier molecular flexibility index (Phi) is 5.97. The van der Waals surface area contributed by atoms with Crippen LogP contribution in [0.3, 0.4) is 0 Å². The highest BCUT2D eigenvalue weighted by Gasteiger charge is 2.25. The van der Waals surface area contributed by atoms with Gasteiger partial charge >= 0.3 is 0 Å². The van der Waals surface area contributed by atoms with Gasteiger partial charge in [-0.05, 0) is 40.0 Å². The number of piperidine rings is 1. The third-order valence-corrected chi connectivity index (χ3v) is 5.01. The topological polar surface area (TPSA) is 92.5 Å². The van der Waals surface area contributed by atoms with Crippen molar-refractivity contribution in [3.8, 4) is 0 Å². The van der Waals surface area contributed by atoms with Gasteiger partial charge in [-0.25, -0.2) is 13.1 Å². The predicted octanol–water partition coefficient (Wildman–Crippen LogP) is 0.434. The lowest BCUT2D eigenvalue weighted by Gasteiger charge is -2.32. The third kappa shape index (κ3) is 6.19. The fraction of sp³-hybridized carbons (Fsp3) is 0.923. The van der Waals surface area contributed by atoms with Gasteiger partial charge < -0.3 is 10.6 Å². The first kappa shape index (κ1) is 17.4. The van der Waals surface area contributed by atoms with Gasteiger partial charge in [0, 0.05) is 31.1 Å². The molecule has 0 aromatic carbocycles. The van der Waals surface area contributed by atoms with Crippen LogP contribution in [0.1, 0.15) is 46.5 Å². The average molecular weight is 305 g/mol. The molecule has 1 aliphatic rings. The van der Waals surface area contributed by atoms with Crippen molar-refractivity contribution in [2.45, 2.75) is 58.0 Å². The minimum Gasteiger partial charge on any atom is -0.343 e. The van der Waals surface area contributed by atoms with E-state index in [9.17, 15) is 13.2 Å². The molecular weight excluding hydrogens is 278 g/mol. The molecule has 0 aromatic rings. The SMILES string of the molecule is CCS(=O)(=O)NC1CCN(C(=O)CCC(C)(C)N)CC1. The zero-order valence-corrected chi connectivity index (χ0v) is 13.5. The van der Waals surface area contributed by atoms with Crippen LogP contribution in [0.4, 0.5) is 0 Å². The van der Waals surface area contributed by atoms with E-state index in [2.05, 4.69) is 4.72 Å². The molecule has 0 atom stereocenters. The monoisotopic (exact) mass is 305 g/mol. The largest absolute Gasteiger partial charge is 0.343 e. The van der Waals surface area contributed by atoms with E-state index >= 15 is 0 Å². The summed E-state index contributed by atoms with van der Waals surface area (Å²) in [6.07, 6.45) is 2.47. The van der Waals surface area contributed by atoms with Crippen molar-refractivity contribution in [2.24, 2.45) is 5.73 Å². The number of carbonyl (C=O) groups excluding carboxylic acids is 1. The molecule has 7 heteroatoms. The number of rotatable bonds is 6. The number of sulfonamides is 1. The summed E-state index contributed by atoms with van der Waals surface area (Å²) in [6.45, 7) is 6.66. The molecular formula is C13H27N3O3S. The molecule has 0 unspecified atom stereocenters. The molecule has 1 heterocycles. The second-order valence-electron chi connectivity index (χ2n) is 6.16. The summed E-state index contributed by atoms with van der Waals surface area (Å²) >= 11 is 0. The summed E-state index contributed by atoms with van der Waals surface area (Å²) in [5.41, 5.74) is 5.54. The lowest BCUT2D eigenvalue weighted by molar-refractivity contribution is -0.132. The highest BCUT2D eigenvalue weighted by atomic mass is 32.2. The number of hydrogen-bond donors (Lipinski definition) is 2. The number of likely N-dealkylation sites (tertiary alicyclic amines) is 1. The van der Waals surface area contributed by atoms with Crippen molar-refractivity contribution in [1.82, 2.24) is 9.62 Å². The number of nitrogens with two attached hydrogens (primary N) is 1. The first-order valence-electron chi connectivity index (χ1n) is 7.19. The van der Waals surface area contributed by atoms with Crippen LogP contribution in [-0.2, 0) is 14.8 Å². The molecule has 0 saturated carbocycles. The number of nitrogens with one attached hydrogen (secondary N) is 1. The highest BCUT2D eigenvalue weighted by molar-refractivity contribution is 7.89. The van der Waals surface area contributed by atoms with Crippen LogP contribution in [-0.4, -0.2) is 49.6 Å². The Hall–Kier alpha value is -0.660.